The number of rotatable bonds is 5. The van der Waals surface area contributed by atoms with Crippen LogP contribution in [0.5, 0.6) is 0 Å². The van der Waals surface area contributed by atoms with E-state index in [0.29, 0.717) is 5.69 Å². The summed E-state index contributed by atoms with van der Waals surface area (Å²) in [5.41, 5.74) is 2.51. The van der Waals surface area contributed by atoms with Gasteiger partial charge in [-0.15, -0.1) is 0 Å². The van der Waals surface area contributed by atoms with Gasteiger partial charge in [0.2, 0.25) is 0 Å². The van der Waals surface area contributed by atoms with Crippen LogP contribution in [0.4, 0.5) is 24.5 Å². The van der Waals surface area contributed by atoms with E-state index in [0.717, 1.165) is 23.3 Å². The van der Waals surface area contributed by atoms with Crippen molar-refractivity contribution in [3.05, 3.63) is 59.2 Å². The predicted molar refractivity (Wildman–Crippen MR) is 96.0 cm³/mol. The maximum absolute atomic E-state index is 12.2. The number of aryl methyl sites for hydroxylation is 2. The summed E-state index contributed by atoms with van der Waals surface area (Å²) in [6.45, 7) is 3.30. The molecule has 9 heteroatoms. The van der Waals surface area contributed by atoms with E-state index in [4.69, 9.17) is 4.74 Å². The summed E-state index contributed by atoms with van der Waals surface area (Å²) in [6, 6.07) is 9.94. The summed E-state index contributed by atoms with van der Waals surface area (Å²) in [6.07, 6.45) is -5.01. The number of esters is 1. The van der Waals surface area contributed by atoms with Crippen molar-refractivity contribution in [3.63, 3.8) is 0 Å². The Morgan fingerprint density at radius 1 is 0.893 bits per heavy atom. The van der Waals surface area contributed by atoms with Crippen molar-refractivity contribution in [2.75, 3.05) is 17.2 Å². The number of nitrogens with one attached hydrogen (secondary N) is 2. The number of amides is 2. The topological polar surface area (TPSA) is 84.5 Å². The van der Waals surface area contributed by atoms with Crippen LogP contribution in [0.2, 0.25) is 0 Å². The molecule has 0 bridgehead atoms. The zero-order chi connectivity index (χ0) is 20.9. The fourth-order valence-electron chi connectivity index (χ4n) is 2.12. The Bertz CT molecular complexity index is 893. The minimum Gasteiger partial charge on any atom is -0.452 e. The molecule has 0 unspecified atom stereocenters. The molecule has 0 heterocycles. The molecule has 2 amide bonds. The lowest BCUT2D eigenvalue weighted by Gasteiger charge is -2.09. The average Bonchev–Trinajstić information content (AvgIpc) is 2.62. The van der Waals surface area contributed by atoms with Crippen LogP contribution in [0.1, 0.15) is 21.5 Å². The zero-order valence-electron chi connectivity index (χ0n) is 15.0. The molecule has 0 atom stereocenters. The Kier molecular flexibility index (Phi) is 6.40. The Hall–Kier alpha value is -3.36. The molecule has 0 fully saturated rings. The smallest absolute Gasteiger partial charge is 0.452 e. The van der Waals surface area contributed by atoms with Gasteiger partial charge in [-0.1, -0.05) is 6.07 Å². The molecule has 0 aromatic heterocycles. The number of alkyl halides is 3. The second-order valence-corrected chi connectivity index (χ2v) is 5.95. The largest absolute Gasteiger partial charge is 0.471 e. The van der Waals surface area contributed by atoms with Crippen molar-refractivity contribution in [3.8, 4) is 0 Å². The van der Waals surface area contributed by atoms with Crippen molar-refractivity contribution in [2.24, 2.45) is 0 Å². The molecule has 2 aromatic rings. The highest BCUT2D eigenvalue weighted by Crippen LogP contribution is 2.19. The van der Waals surface area contributed by atoms with Crippen LogP contribution >= 0.6 is 0 Å². The third-order valence-electron chi connectivity index (χ3n) is 3.76. The van der Waals surface area contributed by atoms with Gasteiger partial charge in [0.15, 0.2) is 6.61 Å². The molecular weight excluding hydrogens is 377 g/mol. The number of carbonyl (C=O) groups excluding carboxylic acids is 3. The number of ether oxygens (including phenoxy) is 1. The lowest BCUT2D eigenvalue weighted by Crippen LogP contribution is -2.29. The molecule has 6 nitrogen and oxygen atoms in total. The minimum absolute atomic E-state index is 0.0176. The van der Waals surface area contributed by atoms with Crippen LogP contribution in [0, 0.1) is 13.8 Å². The first-order chi connectivity index (χ1) is 13.1. The number of hydrogen-bond donors (Lipinski definition) is 2. The van der Waals surface area contributed by atoms with Crippen LogP contribution in [0.15, 0.2) is 42.5 Å². The Morgan fingerprint density at radius 2 is 1.50 bits per heavy atom. The fraction of sp³-hybridized carbons (Fsp3) is 0.211. The third-order valence-corrected chi connectivity index (χ3v) is 3.76. The second kappa shape index (κ2) is 8.55. The van der Waals surface area contributed by atoms with Crippen molar-refractivity contribution in [2.45, 2.75) is 20.0 Å². The number of benzene rings is 2. The molecule has 0 radical (unpaired) electrons. The summed E-state index contributed by atoms with van der Waals surface area (Å²) in [5.74, 6) is -3.49. The zero-order valence-corrected chi connectivity index (χ0v) is 15.0. The first kappa shape index (κ1) is 20.9. The van der Waals surface area contributed by atoms with Crippen LogP contribution < -0.4 is 10.6 Å². The summed E-state index contributed by atoms with van der Waals surface area (Å²) in [7, 11) is 0. The third kappa shape index (κ3) is 5.83. The van der Waals surface area contributed by atoms with Gasteiger partial charge in [0.05, 0.1) is 5.56 Å². The quantitative estimate of drug-likeness (QED) is 0.759. The van der Waals surface area contributed by atoms with Gasteiger partial charge >= 0.3 is 18.1 Å². The SMILES string of the molecule is Cc1ccc(NC(=O)COC(=O)c2ccc(NC(=O)C(F)(F)F)cc2)cc1C. The molecule has 0 spiro atoms. The highest BCUT2D eigenvalue weighted by atomic mass is 19.4. The van der Waals surface area contributed by atoms with Crippen molar-refractivity contribution < 1.29 is 32.3 Å². The molecular formula is C19H17F3N2O4. The number of carbonyl (C=O) groups is 3. The standard InChI is InChI=1S/C19H17F3N2O4/c1-11-3-6-15(9-12(11)2)23-16(25)10-28-17(26)13-4-7-14(8-5-13)24-18(27)19(20,21)22/h3-9H,10H2,1-2H3,(H,23,25)(H,24,27). The lowest BCUT2D eigenvalue weighted by molar-refractivity contribution is -0.167. The molecule has 2 aromatic carbocycles. The van der Waals surface area contributed by atoms with Gasteiger partial charge in [0.25, 0.3) is 5.91 Å². The summed E-state index contributed by atoms with van der Waals surface area (Å²) in [4.78, 5) is 34.6. The van der Waals surface area contributed by atoms with E-state index in [1.54, 1.807) is 17.4 Å². The Balaban J connectivity index is 1.87. The van der Waals surface area contributed by atoms with E-state index < -0.39 is 30.6 Å². The van der Waals surface area contributed by atoms with Gasteiger partial charge < -0.3 is 15.4 Å². The van der Waals surface area contributed by atoms with E-state index in [1.807, 2.05) is 19.9 Å². The lowest BCUT2D eigenvalue weighted by atomic mass is 10.1. The maximum Gasteiger partial charge on any atom is 0.471 e. The van der Waals surface area contributed by atoms with Gasteiger partial charge in [-0.25, -0.2) is 4.79 Å². The number of halogens is 3. The first-order valence-corrected chi connectivity index (χ1v) is 8.09. The summed E-state index contributed by atoms with van der Waals surface area (Å²) in [5, 5.41) is 4.25. The minimum atomic E-state index is -5.01. The predicted octanol–water partition coefficient (Wildman–Crippen LogP) is 3.60. The van der Waals surface area contributed by atoms with Crippen molar-refractivity contribution in [1.82, 2.24) is 0 Å². The number of anilines is 2. The normalized spacial score (nSPS) is 10.9. The maximum atomic E-state index is 12.2. The van der Waals surface area contributed by atoms with Crippen LogP contribution in [0.25, 0.3) is 0 Å². The second-order valence-electron chi connectivity index (χ2n) is 5.95. The first-order valence-electron chi connectivity index (χ1n) is 8.09. The van der Waals surface area contributed by atoms with Gasteiger partial charge in [-0.2, -0.15) is 13.2 Å². The van der Waals surface area contributed by atoms with Crippen molar-refractivity contribution in [1.29, 1.82) is 0 Å². The molecule has 2 N–H and O–H groups in total. The highest BCUT2D eigenvalue weighted by molar-refractivity contribution is 5.97. The van der Waals surface area contributed by atoms with E-state index in [2.05, 4.69) is 5.32 Å². The Morgan fingerprint density at radius 3 is 2.07 bits per heavy atom. The van der Waals surface area contributed by atoms with Gasteiger partial charge in [0.1, 0.15) is 0 Å². The molecule has 0 aliphatic carbocycles. The van der Waals surface area contributed by atoms with Crippen molar-refractivity contribution >= 4 is 29.2 Å². The van der Waals surface area contributed by atoms with Crippen LogP contribution in [0.3, 0.4) is 0 Å². The molecule has 148 valence electrons. The van der Waals surface area contributed by atoms with Gasteiger partial charge in [-0.05, 0) is 61.4 Å². The monoisotopic (exact) mass is 394 g/mol. The molecule has 0 aliphatic heterocycles. The average molecular weight is 394 g/mol. The Labute approximate surface area is 158 Å². The molecule has 0 saturated carbocycles. The van der Waals surface area contributed by atoms with Gasteiger partial charge in [-0.3, -0.25) is 9.59 Å². The molecule has 28 heavy (non-hydrogen) atoms. The number of hydrogen-bond acceptors (Lipinski definition) is 4. The van der Waals surface area contributed by atoms with Gasteiger partial charge in [0, 0.05) is 11.4 Å². The summed E-state index contributed by atoms with van der Waals surface area (Å²) < 4.78 is 41.4. The fourth-order valence-corrected chi connectivity index (χ4v) is 2.12. The van der Waals surface area contributed by atoms with E-state index in [9.17, 15) is 27.6 Å². The molecule has 0 aliphatic rings. The highest BCUT2D eigenvalue weighted by Gasteiger charge is 2.38. The summed E-state index contributed by atoms with van der Waals surface area (Å²) >= 11 is 0. The van der Waals surface area contributed by atoms with E-state index in [-0.39, 0.29) is 11.3 Å². The van der Waals surface area contributed by atoms with E-state index in [1.165, 1.54) is 12.1 Å². The van der Waals surface area contributed by atoms with Crippen LogP contribution in [-0.4, -0.2) is 30.6 Å². The molecule has 0 saturated heterocycles. The van der Waals surface area contributed by atoms with Crippen LogP contribution in [-0.2, 0) is 14.3 Å². The molecule has 2 rings (SSSR count). The van der Waals surface area contributed by atoms with E-state index >= 15 is 0 Å².